The van der Waals surface area contributed by atoms with Gasteiger partial charge in [-0.2, -0.15) is 23.0 Å². The highest BCUT2D eigenvalue weighted by Gasteiger charge is 2.39. The van der Waals surface area contributed by atoms with E-state index in [1.165, 1.54) is 23.0 Å². The molecule has 7 nitrogen and oxygen atoms in total. The van der Waals surface area contributed by atoms with Crippen LogP contribution in [0.5, 0.6) is 0 Å². The van der Waals surface area contributed by atoms with E-state index in [0.29, 0.717) is 24.0 Å². The third-order valence-electron chi connectivity index (χ3n) is 4.66. The molecule has 1 amide bonds. The molecule has 0 saturated heterocycles. The maximum absolute atomic E-state index is 13.2. The number of alkyl halides is 3. The SMILES string of the molecule is CC(C)Cc1nn(-c2ccc(F)cn2)cc1C(=O)N[C@H](C)c1ccc(C(F)(F)F)[n+]([O-])c1. The summed E-state index contributed by atoms with van der Waals surface area (Å²) in [5, 5.41) is 18.8. The zero-order chi connectivity index (χ0) is 23.6. The molecule has 3 heterocycles. The first-order chi connectivity index (χ1) is 15.0. The number of halogens is 4. The number of aromatic nitrogens is 4. The minimum atomic E-state index is -4.78. The van der Waals surface area contributed by atoms with Crippen LogP contribution < -0.4 is 10.0 Å². The van der Waals surface area contributed by atoms with Crippen LogP contribution in [0.25, 0.3) is 5.82 Å². The summed E-state index contributed by atoms with van der Waals surface area (Å²) in [6.07, 6.45) is -1.02. The summed E-state index contributed by atoms with van der Waals surface area (Å²) in [5.41, 5.74) is -0.396. The number of hydrogen-bond acceptors (Lipinski definition) is 4. The van der Waals surface area contributed by atoms with E-state index in [2.05, 4.69) is 15.4 Å². The van der Waals surface area contributed by atoms with Crippen LogP contribution in [-0.4, -0.2) is 20.7 Å². The van der Waals surface area contributed by atoms with Crippen LogP contribution in [0, 0.1) is 16.9 Å². The Labute approximate surface area is 181 Å². The van der Waals surface area contributed by atoms with Crippen molar-refractivity contribution >= 4 is 5.91 Å². The number of amides is 1. The van der Waals surface area contributed by atoms with Gasteiger partial charge in [0.05, 0.1) is 23.5 Å². The highest BCUT2D eigenvalue weighted by Crippen LogP contribution is 2.27. The molecule has 11 heteroatoms. The van der Waals surface area contributed by atoms with Gasteiger partial charge in [0.15, 0.2) is 12.0 Å². The average Bonchev–Trinajstić information content (AvgIpc) is 3.10. The molecule has 0 saturated carbocycles. The van der Waals surface area contributed by atoms with E-state index in [-0.39, 0.29) is 21.8 Å². The van der Waals surface area contributed by atoms with Gasteiger partial charge in [0, 0.05) is 17.8 Å². The summed E-state index contributed by atoms with van der Waals surface area (Å²) in [6.45, 7) is 5.46. The van der Waals surface area contributed by atoms with Crippen LogP contribution in [-0.2, 0) is 12.6 Å². The number of nitrogens with zero attached hydrogens (tertiary/aromatic N) is 4. The summed E-state index contributed by atoms with van der Waals surface area (Å²) in [6, 6.07) is 3.71. The van der Waals surface area contributed by atoms with E-state index in [4.69, 9.17) is 0 Å². The van der Waals surface area contributed by atoms with Gasteiger partial charge in [-0.15, -0.1) is 0 Å². The van der Waals surface area contributed by atoms with Gasteiger partial charge in [-0.3, -0.25) is 4.79 Å². The Kier molecular flexibility index (Phi) is 6.47. The minimum absolute atomic E-state index is 0.179. The predicted octanol–water partition coefficient (Wildman–Crippen LogP) is 3.75. The Morgan fingerprint density at radius 2 is 1.94 bits per heavy atom. The monoisotopic (exact) mass is 451 g/mol. The fraction of sp³-hybridized carbons (Fsp3) is 0.333. The first-order valence-electron chi connectivity index (χ1n) is 9.77. The van der Waals surface area contributed by atoms with E-state index in [9.17, 15) is 27.6 Å². The Morgan fingerprint density at radius 3 is 2.50 bits per heavy atom. The second-order valence-electron chi connectivity index (χ2n) is 7.73. The Hall–Kier alpha value is -3.50. The van der Waals surface area contributed by atoms with Crippen molar-refractivity contribution in [1.29, 1.82) is 0 Å². The second-order valence-corrected chi connectivity index (χ2v) is 7.73. The van der Waals surface area contributed by atoms with Crippen molar-refractivity contribution in [2.24, 2.45) is 5.92 Å². The van der Waals surface area contributed by atoms with Crippen LogP contribution >= 0.6 is 0 Å². The van der Waals surface area contributed by atoms with Crippen molar-refractivity contribution in [3.63, 3.8) is 0 Å². The molecule has 0 bridgehead atoms. The third kappa shape index (κ3) is 5.21. The topological polar surface area (TPSA) is 86.8 Å². The van der Waals surface area contributed by atoms with Gasteiger partial charge in [-0.05, 0) is 37.5 Å². The zero-order valence-electron chi connectivity index (χ0n) is 17.5. The molecule has 3 aromatic heterocycles. The van der Waals surface area contributed by atoms with Crippen LogP contribution in [0.15, 0.2) is 42.9 Å². The molecule has 1 N–H and O–H groups in total. The van der Waals surface area contributed by atoms with Gasteiger partial charge in [-0.1, -0.05) is 13.8 Å². The van der Waals surface area contributed by atoms with Gasteiger partial charge < -0.3 is 10.5 Å². The Bertz CT molecular complexity index is 1110. The molecule has 0 aliphatic carbocycles. The quantitative estimate of drug-likeness (QED) is 0.351. The Morgan fingerprint density at radius 1 is 1.22 bits per heavy atom. The van der Waals surface area contributed by atoms with E-state index < -0.39 is 29.6 Å². The maximum Gasteiger partial charge on any atom is 0.478 e. The zero-order valence-corrected chi connectivity index (χ0v) is 17.5. The number of hydrogen-bond donors (Lipinski definition) is 1. The van der Waals surface area contributed by atoms with Crippen molar-refractivity contribution in [2.75, 3.05) is 0 Å². The molecular formula is C21H21F4N5O2. The average molecular weight is 451 g/mol. The first-order valence-corrected chi connectivity index (χ1v) is 9.77. The normalized spacial score (nSPS) is 12.8. The number of nitrogens with one attached hydrogen (secondary N) is 1. The summed E-state index contributed by atoms with van der Waals surface area (Å²) in [4.78, 5) is 16.9. The standard InChI is InChI=1S/C21H21F4N5O2/c1-12(2)8-17-16(11-29(28-17)19-7-5-15(22)9-26-19)20(31)27-13(3)14-4-6-18(21(23,24)25)30(32)10-14/h4-7,9-13H,8H2,1-3H3,(H,27,31)/t13-/m1/s1. The van der Waals surface area contributed by atoms with E-state index in [1.54, 1.807) is 6.92 Å². The molecule has 1 atom stereocenters. The largest absolute Gasteiger partial charge is 0.618 e. The van der Waals surface area contributed by atoms with Crippen molar-refractivity contribution in [3.05, 3.63) is 76.4 Å². The van der Waals surface area contributed by atoms with Crippen LogP contribution in [0.4, 0.5) is 17.6 Å². The molecule has 0 unspecified atom stereocenters. The van der Waals surface area contributed by atoms with E-state index >= 15 is 0 Å². The number of carbonyl (C=O) groups is 1. The number of rotatable bonds is 6. The number of pyridine rings is 2. The summed E-state index contributed by atoms with van der Waals surface area (Å²) >= 11 is 0. The van der Waals surface area contributed by atoms with Gasteiger partial charge in [0.25, 0.3) is 11.6 Å². The molecule has 0 spiro atoms. The molecule has 0 aromatic carbocycles. The highest BCUT2D eigenvalue weighted by atomic mass is 19.4. The lowest BCUT2D eigenvalue weighted by atomic mass is 10.0. The molecule has 32 heavy (non-hydrogen) atoms. The molecular weight excluding hydrogens is 430 g/mol. The van der Waals surface area contributed by atoms with E-state index in [1.807, 2.05) is 13.8 Å². The summed E-state index contributed by atoms with van der Waals surface area (Å²) in [7, 11) is 0. The maximum atomic E-state index is 13.2. The van der Waals surface area contributed by atoms with Crippen LogP contribution in [0.3, 0.4) is 0 Å². The first kappa shape index (κ1) is 23.2. The van der Waals surface area contributed by atoms with Crippen molar-refractivity contribution in [3.8, 4) is 5.82 Å². The van der Waals surface area contributed by atoms with Gasteiger partial charge in [-0.25, -0.2) is 14.1 Å². The van der Waals surface area contributed by atoms with Gasteiger partial charge in [0.1, 0.15) is 5.82 Å². The smallest absolute Gasteiger partial charge is 0.478 e. The Balaban J connectivity index is 1.86. The fourth-order valence-electron chi connectivity index (χ4n) is 3.09. The summed E-state index contributed by atoms with van der Waals surface area (Å²) in [5.74, 6) is -0.530. The molecule has 0 aliphatic heterocycles. The molecule has 3 rings (SSSR count). The molecule has 0 radical (unpaired) electrons. The lowest BCUT2D eigenvalue weighted by Gasteiger charge is -2.15. The fourth-order valence-corrected chi connectivity index (χ4v) is 3.09. The molecule has 170 valence electrons. The van der Waals surface area contributed by atoms with E-state index in [0.717, 1.165) is 18.5 Å². The number of carbonyl (C=O) groups excluding carboxylic acids is 1. The molecule has 0 fully saturated rings. The van der Waals surface area contributed by atoms with Crippen molar-refractivity contribution in [2.45, 2.75) is 39.4 Å². The van der Waals surface area contributed by atoms with Gasteiger partial charge in [0.2, 0.25) is 0 Å². The van der Waals surface area contributed by atoms with Crippen LogP contribution in [0.2, 0.25) is 0 Å². The second kappa shape index (κ2) is 8.93. The van der Waals surface area contributed by atoms with Crippen LogP contribution in [0.1, 0.15) is 54.1 Å². The van der Waals surface area contributed by atoms with Crippen molar-refractivity contribution < 1.29 is 27.1 Å². The minimum Gasteiger partial charge on any atom is -0.618 e. The lowest BCUT2D eigenvalue weighted by molar-refractivity contribution is -0.629. The highest BCUT2D eigenvalue weighted by molar-refractivity contribution is 5.95. The summed E-state index contributed by atoms with van der Waals surface area (Å²) < 4.78 is 52.7. The third-order valence-corrected chi connectivity index (χ3v) is 4.66. The lowest BCUT2D eigenvalue weighted by Crippen LogP contribution is -2.38. The predicted molar refractivity (Wildman–Crippen MR) is 106 cm³/mol. The molecule has 0 aliphatic rings. The van der Waals surface area contributed by atoms with Crippen molar-refractivity contribution in [1.82, 2.24) is 20.1 Å². The molecule has 3 aromatic rings. The van der Waals surface area contributed by atoms with Gasteiger partial charge >= 0.3 is 6.18 Å².